The minimum atomic E-state index is -3.20. The Hall–Kier alpha value is -12.1. The van der Waals surface area contributed by atoms with E-state index in [9.17, 15) is 0 Å². The Kier molecular flexibility index (Phi) is 13.2. The number of nitrogens with zero attached hydrogens (tertiary/aromatic N) is 3. The maximum absolute atomic E-state index is 3.20. The van der Waals surface area contributed by atoms with Crippen LogP contribution in [0.15, 0.2) is 370 Å². The van der Waals surface area contributed by atoms with Gasteiger partial charge in [-0.2, -0.15) is 0 Å². The van der Waals surface area contributed by atoms with Crippen molar-refractivity contribution in [3.8, 4) is 72.7 Å². The van der Waals surface area contributed by atoms with E-state index in [1.54, 1.807) is 0 Å². The molecule has 0 fully saturated rings. The summed E-state index contributed by atoms with van der Waals surface area (Å²) in [6.07, 6.45) is 0. The summed E-state index contributed by atoms with van der Waals surface area (Å²) in [4.78, 5) is 0. The van der Waals surface area contributed by atoms with Crippen LogP contribution in [-0.2, 0) is 0 Å². The second-order valence-corrected chi connectivity index (χ2v) is 28.6. The van der Waals surface area contributed by atoms with Gasteiger partial charge in [-0.25, -0.2) is 0 Å². The van der Waals surface area contributed by atoms with Gasteiger partial charge in [0.25, 0.3) is 0 Å². The van der Waals surface area contributed by atoms with E-state index in [-0.39, 0.29) is 0 Å². The maximum atomic E-state index is 2.54. The molecule has 15 aromatic carbocycles. The smallest absolute Gasteiger partial charge is 0.179 e. The van der Waals surface area contributed by atoms with Gasteiger partial charge in [-0.15, -0.1) is 0 Å². The molecule has 0 N–H and O–H groups in total. The van der Waals surface area contributed by atoms with Crippen LogP contribution in [0.25, 0.3) is 138 Å². The van der Waals surface area contributed by atoms with Crippen molar-refractivity contribution in [2.45, 2.75) is 0 Å². The maximum Gasteiger partial charge on any atom is 0.179 e. The van der Waals surface area contributed by atoms with Crippen LogP contribution in [0.4, 0.5) is 0 Å². The van der Waals surface area contributed by atoms with E-state index in [0.29, 0.717) is 0 Å². The van der Waals surface area contributed by atoms with Gasteiger partial charge in [0.1, 0.15) is 0 Å². The van der Waals surface area contributed by atoms with Crippen molar-refractivity contribution in [2.24, 2.45) is 0 Å². The molecular weight excluding hydrogens is 1150 g/mol. The molecule has 0 spiro atoms. The number of hydrogen-bond acceptors (Lipinski definition) is 0. The van der Waals surface area contributed by atoms with Crippen LogP contribution in [0, 0.1) is 0 Å². The highest BCUT2D eigenvalue weighted by molar-refractivity contribution is 7.20. The Morgan fingerprint density at radius 3 is 0.883 bits per heavy atom. The van der Waals surface area contributed by atoms with Gasteiger partial charge in [-0.3, -0.25) is 0 Å². The SMILES string of the molecule is c1ccc(-c2cccc([Si](c3ccccc3)(c3cccc(-c4ccccc4)c3)c3cccc(-c4cc(-n5c6ccccc6c6ccccc65)cc(-n5c6ccccc6c6ccc(-n7c8ccc(-c9ccccc9)cc8c8cc(-c9ccccc9)ccc87)cc65)c4)c3)c2)cc1. The fourth-order valence-electron chi connectivity index (χ4n) is 15.3. The third kappa shape index (κ3) is 9.10. The predicted molar refractivity (Wildman–Crippen MR) is 400 cm³/mol. The topological polar surface area (TPSA) is 14.8 Å². The van der Waals surface area contributed by atoms with Gasteiger partial charge in [0.2, 0.25) is 0 Å². The Balaban J connectivity index is 0.893. The summed E-state index contributed by atoms with van der Waals surface area (Å²) >= 11 is 0. The molecule has 0 saturated carbocycles. The fraction of sp³-hybridized carbons (Fsp3) is 0. The number of benzene rings is 15. The first-order valence-electron chi connectivity index (χ1n) is 32.5. The quantitative estimate of drug-likeness (QED) is 0.0855. The highest BCUT2D eigenvalue weighted by Gasteiger charge is 2.42. The molecule has 0 unspecified atom stereocenters. The van der Waals surface area contributed by atoms with E-state index >= 15 is 0 Å². The van der Waals surface area contributed by atoms with Gasteiger partial charge in [0.05, 0.1) is 33.1 Å². The van der Waals surface area contributed by atoms with Crippen molar-refractivity contribution in [1.29, 1.82) is 0 Å². The zero-order chi connectivity index (χ0) is 62.1. The number of hydrogen-bond donors (Lipinski definition) is 0. The van der Waals surface area contributed by atoms with Crippen LogP contribution in [0.2, 0.25) is 0 Å². The third-order valence-corrected chi connectivity index (χ3v) is 24.3. The van der Waals surface area contributed by atoms with Crippen molar-refractivity contribution in [1.82, 2.24) is 13.7 Å². The van der Waals surface area contributed by atoms with Gasteiger partial charge in [-0.05, 0) is 149 Å². The molecule has 0 aliphatic heterocycles. The summed E-state index contributed by atoms with van der Waals surface area (Å²) in [5, 5.41) is 12.5. The standard InChI is InChI=1S/C90H61N3Si/c1-6-25-62(26-7-1)66-33-22-38-76(55-66)94(75-36-14-5-15-37-75,77-39-23-34-67(56-77)63-27-8-2-9-28-63)78-40-24-35-68(57-78)71-53-73(92-85-44-19-16-41-79(85)80-42-17-20-45-86(80)92)60-74(54-71)93-87-46-21-18-43-81(87)82-50-49-72(61-90(82)93)91-88-51-47-69(64-29-10-3-11-30-64)58-83(88)84-59-70(48-52-89(84)91)65-31-12-4-13-32-65/h1-61H. The molecule has 0 amide bonds. The monoisotopic (exact) mass is 1210 g/mol. The first-order valence-corrected chi connectivity index (χ1v) is 34.5. The molecule has 4 heteroatoms. The van der Waals surface area contributed by atoms with Gasteiger partial charge in [-0.1, -0.05) is 297 Å². The average Bonchev–Trinajstić information content (AvgIpc) is 1.21. The van der Waals surface area contributed by atoms with Crippen molar-refractivity contribution in [2.75, 3.05) is 0 Å². The van der Waals surface area contributed by atoms with E-state index in [0.717, 1.165) is 61.3 Å². The lowest BCUT2D eigenvalue weighted by Crippen LogP contribution is -2.74. The van der Waals surface area contributed by atoms with E-state index in [2.05, 4.69) is 384 Å². The molecule has 3 aromatic heterocycles. The molecule has 0 bridgehead atoms. The summed E-state index contributed by atoms with van der Waals surface area (Å²) in [7, 11) is -3.20. The highest BCUT2D eigenvalue weighted by atomic mass is 28.3. The molecule has 0 radical (unpaired) electrons. The lowest BCUT2D eigenvalue weighted by molar-refractivity contribution is 1.13. The molecule has 18 aromatic rings. The van der Waals surface area contributed by atoms with Gasteiger partial charge >= 0.3 is 0 Å². The molecule has 440 valence electrons. The zero-order valence-corrected chi connectivity index (χ0v) is 52.6. The Bertz CT molecular complexity index is 5670. The van der Waals surface area contributed by atoms with Crippen molar-refractivity contribution >= 4 is 94.2 Å². The van der Waals surface area contributed by atoms with Crippen LogP contribution in [0.5, 0.6) is 0 Å². The molecule has 0 aliphatic carbocycles. The summed E-state index contributed by atoms with van der Waals surface area (Å²) in [6.45, 7) is 0. The number of rotatable bonds is 12. The summed E-state index contributed by atoms with van der Waals surface area (Å²) in [5.74, 6) is 0. The molecule has 94 heavy (non-hydrogen) atoms. The first-order chi connectivity index (χ1) is 46.6. The van der Waals surface area contributed by atoms with Crippen LogP contribution >= 0.6 is 0 Å². The zero-order valence-electron chi connectivity index (χ0n) is 51.6. The lowest BCUT2D eigenvalue weighted by atomic mass is 10.0. The molecule has 3 heterocycles. The Morgan fingerprint density at radius 1 is 0.149 bits per heavy atom. The van der Waals surface area contributed by atoms with E-state index in [4.69, 9.17) is 0 Å². The Morgan fingerprint density at radius 2 is 0.457 bits per heavy atom. The second kappa shape index (κ2) is 22.7. The van der Waals surface area contributed by atoms with E-state index in [1.165, 1.54) is 97.6 Å². The van der Waals surface area contributed by atoms with Crippen LogP contribution in [0.3, 0.4) is 0 Å². The van der Waals surface area contributed by atoms with Crippen LogP contribution < -0.4 is 20.7 Å². The summed E-state index contributed by atoms with van der Waals surface area (Å²) in [6, 6.07) is 138. The number of aromatic nitrogens is 3. The van der Waals surface area contributed by atoms with Crippen LogP contribution in [0.1, 0.15) is 0 Å². The normalized spacial score (nSPS) is 11.8. The van der Waals surface area contributed by atoms with Crippen molar-refractivity contribution < 1.29 is 0 Å². The molecule has 18 rings (SSSR count). The molecule has 0 atom stereocenters. The number of para-hydroxylation sites is 3. The molecule has 0 aliphatic rings. The number of fused-ring (bicyclic) bond motifs is 9. The predicted octanol–water partition coefficient (Wildman–Crippen LogP) is 20.7. The van der Waals surface area contributed by atoms with E-state index in [1.807, 2.05) is 0 Å². The highest BCUT2D eigenvalue weighted by Crippen LogP contribution is 2.42. The molecule has 3 nitrogen and oxygen atoms in total. The largest absolute Gasteiger partial charge is 0.309 e. The van der Waals surface area contributed by atoms with Gasteiger partial charge in [0, 0.05) is 49.4 Å². The minimum Gasteiger partial charge on any atom is -0.309 e. The first kappa shape index (κ1) is 54.8. The third-order valence-electron chi connectivity index (χ3n) is 19.5. The van der Waals surface area contributed by atoms with Gasteiger partial charge < -0.3 is 13.7 Å². The second-order valence-electron chi connectivity index (χ2n) is 24.8. The average molecular weight is 1210 g/mol. The van der Waals surface area contributed by atoms with Crippen LogP contribution in [-0.4, -0.2) is 21.8 Å². The lowest BCUT2D eigenvalue weighted by Gasteiger charge is -2.35. The van der Waals surface area contributed by atoms with Crippen molar-refractivity contribution in [3.63, 3.8) is 0 Å². The van der Waals surface area contributed by atoms with E-state index < -0.39 is 8.07 Å². The fourth-order valence-corrected chi connectivity index (χ4v) is 20.1. The Labute approximate surface area is 547 Å². The minimum absolute atomic E-state index is 1.07. The summed E-state index contributed by atoms with van der Waals surface area (Å²) < 4.78 is 7.50. The van der Waals surface area contributed by atoms with Crippen molar-refractivity contribution in [3.05, 3.63) is 370 Å². The molecule has 0 saturated heterocycles. The molecular formula is C90H61N3Si. The summed E-state index contributed by atoms with van der Waals surface area (Å²) in [5.41, 5.74) is 22.0. The van der Waals surface area contributed by atoms with Gasteiger partial charge in [0.15, 0.2) is 8.07 Å².